The Morgan fingerprint density at radius 2 is 2.33 bits per heavy atom. The van der Waals surface area contributed by atoms with Crippen LogP contribution in [0.25, 0.3) is 4.96 Å². The van der Waals surface area contributed by atoms with Crippen molar-refractivity contribution in [2.75, 3.05) is 13.2 Å². The minimum atomic E-state index is -0.00699. The molecule has 0 radical (unpaired) electrons. The van der Waals surface area contributed by atoms with Crippen LogP contribution in [0.3, 0.4) is 0 Å². The molecule has 2 aromatic rings. The van der Waals surface area contributed by atoms with Gasteiger partial charge in [-0.3, -0.25) is 9.20 Å². The number of aromatic nitrogens is 2. The van der Waals surface area contributed by atoms with Gasteiger partial charge in [0, 0.05) is 30.9 Å². The fourth-order valence-corrected chi connectivity index (χ4v) is 3.22. The van der Waals surface area contributed by atoms with Crippen molar-refractivity contribution >= 4 is 22.2 Å². The highest BCUT2D eigenvalue weighted by Crippen LogP contribution is 2.15. The molecule has 1 atom stereocenters. The van der Waals surface area contributed by atoms with Gasteiger partial charge in [-0.1, -0.05) is 13.8 Å². The lowest BCUT2D eigenvalue weighted by molar-refractivity contribution is -0.120. The molecular weight excluding hydrogens is 286 g/mol. The standard InChI is InChI=1S/C15H23N3O2S/c1-11(2)7-12(3-5-19)9-16-14(20)8-13-10-18-4-6-21-15(18)17-13/h4,6,10-12,19H,3,5,7-9H2,1-2H3,(H,16,20). The Bertz CT molecular complexity index is 548. The number of hydrogen-bond donors (Lipinski definition) is 2. The fourth-order valence-electron chi connectivity index (χ4n) is 2.50. The largest absolute Gasteiger partial charge is 0.396 e. The summed E-state index contributed by atoms with van der Waals surface area (Å²) in [6.45, 7) is 5.11. The Hall–Kier alpha value is -1.40. The molecule has 0 aliphatic heterocycles. The number of rotatable bonds is 8. The van der Waals surface area contributed by atoms with Crippen LogP contribution in [0, 0.1) is 11.8 Å². The van der Waals surface area contributed by atoms with Crippen LogP contribution in [0.1, 0.15) is 32.4 Å². The summed E-state index contributed by atoms with van der Waals surface area (Å²) in [4.78, 5) is 17.3. The second kappa shape index (κ2) is 7.56. The van der Waals surface area contributed by atoms with Crippen LogP contribution in [0.15, 0.2) is 17.8 Å². The quantitative estimate of drug-likeness (QED) is 0.785. The van der Waals surface area contributed by atoms with Crippen molar-refractivity contribution in [3.63, 3.8) is 0 Å². The van der Waals surface area contributed by atoms with Crippen molar-refractivity contribution < 1.29 is 9.90 Å². The Morgan fingerprint density at radius 3 is 3.00 bits per heavy atom. The molecule has 2 heterocycles. The van der Waals surface area contributed by atoms with Crippen molar-refractivity contribution in [3.05, 3.63) is 23.5 Å². The van der Waals surface area contributed by atoms with Crippen LogP contribution >= 0.6 is 11.3 Å². The third kappa shape index (κ3) is 4.82. The van der Waals surface area contributed by atoms with Crippen molar-refractivity contribution in [1.82, 2.24) is 14.7 Å². The van der Waals surface area contributed by atoms with Crippen LogP contribution < -0.4 is 5.32 Å². The van der Waals surface area contributed by atoms with E-state index < -0.39 is 0 Å². The maximum Gasteiger partial charge on any atom is 0.226 e. The van der Waals surface area contributed by atoms with Gasteiger partial charge in [0.15, 0.2) is 4.96 Å². The van der Waals surface area contributed by atoms with Crippen LogP contribution in [0.5, 0.6) is 0 Å². The molecule has 0 saturated heterocycles. The molecule has 5 nitrogen and oxygen atoms in total. The molecule has 0 fully saturated rings. The van der Waals surface area contributed by atoms with E-state index in [9.17, 15) is 4.79 Å². The maximum absolute atomic E-state index is 12.0. The molecular formula is C15H23N3O2S. The van der Waals surface area contributed by atoms with E-state index in [-0.39, 0.29) is 12.5 Å². The molecule has 0 aliphatic rings. The normalized spacial score (nSPS) is 13.0. The first-order valence-corrected chi connectivity index (χ1v) is 8.25. The number of carbonyl (C=O) groups is 1. The van der Waals surface area contributed by atoms with E-state index in [4.69, 9.17) is 5.11 Å². The zero-order valence-corrected chi connectivity index (χ0v) is 13.4. The zero-order chi connectivity index (χ0) is 15.2. The second-order valence-corrected chi connectivity index (χ2v) is 6.69. The molecule has 6 heteroatoms. The van der Waals surface area contributed by atoms with Gasteiger partial charge in [-0.05, 0) is 24.7 Å². The molecule has 21 heavy (non-hydrogen) atoms. The SMILES string of the molecule is CC(C)CC(CCO)CNC(=O)Cc1cn2ccsc2n1. The van der Waals surface area contributed by atoms with E-state index in [1.54, 1.807) is 11.3 Å². The number of hydrogen-bond acceptors (Lipinski definition) is 4. The monoisotopic (exact) mass is 309 g/mol. The zero-order valence-electron chi connectivity index (χ0n) is 12.6. The second-order valence-electron chi connectivity index (χ2n) is 5.81. The van der Waals surface area contributed by atoms with Crippen LogP contribution in [0.4, 0.5) is 0 Å². The average molecular weight is 309 g/mol. The topological polar surface area (TPSA) is 66.6 Å². The van der Waals surface area contributed by atoms with Gasteiger partial charge in [-0.15, -0.1) is 11.3 Å². The number of amides is 1. The Balaban J connectivity index is 1.81. The lowest BCUT2D eigenvalue weighted by Gasteiger charge is -2.18. The molecule has 0 bridgehead atoms. The first kappa shape index (κ1) is 16.0. The number of aliphatic hydroxyl groups excluding tert-OH is 1. The highest BCUT2D eigenvalue weighted by Gasteiger charge is 2.13. The summed E-state index contributed by atoms with van der Waals surface area (Å²) in [7, 11) is 0. The third-order valence-electron chi connectivity index (χ3n) is 3.41. The van der Waals surface area contributed by atoms with E-state index in [2.05, 4.69) is 24.1 Å². The molecule has 2 rings (SSSR count). The summed E-state index contributed by atoms with van der Waals surface area (Å²) in [5.74, 6) is 0.898. The lowest BCUT2D eigenvalue weighted by atomic mass is 9.94. The average Bonchev–Trinajstić information content (AvgIpc) is 2.96. The molecule has 116 valence electrons. The van der Waals surface area contributed by atoms with E-state index >= 15 is 0 Å². The van der Waals surface area contributed by atoms with Gasteiger partial charge in [0.05, 0.1) is 12.1 Å². The highest BCUT2D eigenvalue weighted by molar-refractivity contribution is 7.15. The van der Waals surface area contributed by atoms with Crippen molar-refractivity contribution in [2.45, 2.75) is 33.1 Å². The third-order valence-corrected chi connectivity index (χ3v) is 4.19. The summed E-state index contributed by atoms with van der Waals surface area (Å²) in [6.07, 6.45) is 5.89. The molecule has 0 aromatic carbocycles. The first-order valence-electron chi connectivity index (χ1n) is 7.37. The molecule has 1 unspecified atom stereocenters. The van der Waals surface area contributed by atoms with Gasteiger partial charge < -0.3 is 10.4 Å². The lowest BCUT2D eigenvalue weighted by Crippen LogP contribution is -2.31. The van der Waals surface area contributed by atoms with Crippen molar-refractivity contribution in [2.24, 2.45) is 11.8 Å². The molecule has 2 N–H and O–H groups in total. The van der Waals surface area contributed by atoms with Gasteiger partial charge in [0.25, 0.3) is 0 Å². The summed E-state index contributed by atoms with van der Waals surface area (Å²) >= 11 is 1.56. The Labute approximate surface area is 129 Å². The summed E-state index contributed by atoms with van der Waals surface area (Å²) in [6, 6.07) is 0. The Kier molecular flexibility index (Phi) is 5.76. The van der Waals surface area contributed by atoms with Gasteiger partial charge in [-0.2, -0.15) is 0 Å². The van der Waals surface area contributed by atoms with E-state index in [0.29, 0.717) is 24.8 Å². The number of aliphatic hydroxyl groups is 1. The van der Waals surface area contributed by atoms with Gasteiger partial charge in [0.1, 0.15) is 0 Å². The molecule has 0 aliphatic carbocycles. The summed E-state index contributed by atoms with van der Waals surface area (Å²) < 4.78 is 1.93. The van der Waals surface area contributed by atoms with Gasteiger partial charge in [-0.25, -0.2) is 4.98 Å². The maximum atomic E-state index is 12.0. The first-order chi connectivity index (χ1) is 10.1. The number of carbonyl (C=O) groups excluding carboxylic acids is 1. The number of nitrogens with zero attached hydrogens (tertiary/aromatic N) is 2. The molecule has 0 saturated carbocycles. The number of thiazole rings is 1. The molecule has 2 aromatic heterocycles. The van der Waals surface area contributed by atoms with E-state index in [1.807, 2.05) is 22.2 Å². The smallest absolute Gasteiger partial charge is 0.226 e. The van der Waals surface area contributed by atoms with Crippen LogP contribution in [-0.2, 0) is 11.2 Å². The number of nitrogens with one attached hydrogen (secondary N) is 1. The highest BCUT2D eigenvalue weighted by atomic mass is 32.1. The number of fused-ring (bicyclic) bond motifs is 1. The van der Waals surface area contributed by atoms with Crippen LogP contribution in [-0.4, -0.2) is 33.6 Å². The minimum absolute atomic E-state index is 0.00699. The molecule has 1 amide bonds. The Morgan fingerprint density at radius 1 is 1.52 bits per heavy atom. The van der Waals surface area contributed by atoms with E-state index in [0.717, 1.165) is 23.5 Å². The predicted molar refractivity (Wildman–Crippen MR) is 84.4 cm³/mol. The van der Waals surface area contributed by atoms with E-state index in [1.165, 1.54) is 0 Å². The summed E-state index contributed by atoms with van der Waals surface area (Å²) in [5.41, 5.74) is 0.793. The minimum Gasteiger partial charge on any atom is -0.396 e. The fraction of sp³-hybridized carbons (Fsp3) is 0.600. The molecule has 0 spiro atoms. The van der Waals surface area contributed by atoms with Crippen molar-refractivity contribution in [3.8, 4) is 0 Å². The predicted octanol–water partition coefficient (Wildman–Crippen LogP) is 2.10. The van der Waals surface area contributed by atoms with Gasteiger partial charge in [0.2, 0.25) is 5.91 Å². The van der Waals surface area contributed by atoms with Gasteiger partial charge >= 0.3 is 0 Å². The number of imidazole rings is 1. The summed E-state index contributed by atoms with van der Waals surface area (Å²) in [5, 5.41) is 14.0. The van der Waals surface area contributed by atoms with Crippen molar-refractivity contribution in [1.29, 1.82) is 0 Å². The van der Waals surface area contributed by atoms with Crippen LogP contribution in [0.2, 0.25) is 0 Å².